The largest absolute Gasteiger partial charge is 0.468 e. The van der Waals surface area contributed by atoms with Gasteiger partial charge in [0, 0.05) is 18.0 Å². The summed E-state index contributed by atoms with van der Waals surface area (Å²) >= 11 is 18.8. The first-order chi connectivity index (χ1) is 10.1. The van der Waals surface area contributed by atoms with Crippen LogP contribution in [0.4, 0.5) is 5.69 Å². The van der Waals surface area contributed by atoms with Gasteiger partial charge in [0.15, 0.2) is 5.11 Å². The minimum absolute atomic E-state index is 0.499. The fraction of sp³-hybridized carbons (Fsp3) is 0.214. The van der Waals surface area contributed by atoms with Crippen molar-refractivity contribution in [3.8, 4) is 0 Å². The normalized spacial score (nSPS) is 10.4. The zero-order chi connectivity index (χ0) is 15.1. The molecule has 21 heavy (non-hydrogen) atoms. The number of hydrogen-bond donors (Lipinski definition) is 2. The first-order valence-electron chi connectivity index (χ1n) is 6.25. The van der Waals surface area contributed by atoms with Crippen LogP contribution in [0.1, 0.15) is 5.76 Å². The molecule has 0 saturated heterocycles. The van der Waals surface area contributed by atoms with Crippen LogP contribution in [0.5, 0.6) is 0 Å². The van der Waals surface area contributed by atoms with Gasteiger partial charge in [-0.1, -0.05) is 23.2 Å². The van der Waals surface area contributed by atoms with E-state index in [1.54, 1.807) is 30.2 Å². The van der Waals surface area contributed by atoms with E-state index in [-0.39, 0.29) is 0 Å². The molecule has 0 bridgehead atoms. The van der Waals surface area contributed by atoms with E-state index in [1.165, 1.54) is 0 Å². The summed E-state index contributed by atoms with van der Waals surface area (Å²) in [6, 6.07) is 9.16. The minimum atomic E-state index is 0.499. The van der Waals surface area contributed by atoms with E-state index in [0.29, 0.717) is 15.2 Å². The van der Waals surface area contributed by atoms with Crippen molar-refractivity contribution in [2.75, 3.05) is 17.6 Å². The lowest BCUT2D eigenvalue weighted by Crippen LogP contribution is -2.30. The number of hydrogen-bond acceptors (Lipinski definition) is 3. The van der Waals surface area contributed by atoms with Gasteiger partial charge >= 0.3 is 0 Å². The SMILES string of the molecule is S=C(NCCSCc1ccco1)Nc1ccc(Cl)c(Cl)c1. The van der Waals surface area contributed by atoms with Crippen molar-refractivity contribution in [2.45, 2.75) is 5.75 Å². The molecule has 0 aliphatic carbocycles. The fourth-order valence-corrected chi connectivity index (χ4v) is 2.83. The molecule has 0 spiro atoms. The summed E-state index contributed by atoms with van der Waals surface area (Å²) < 4.78 is 5.26. The molecule has 0 radical (unpaired) electrons. The van der Waals surface area contributed by atoms with Gasteiger partial charge in [0.25, 0.3) is 0 Å². The highest BCUT2D eigenvalue weighted by molar-refractivity contribution is 7.98. The van der Waals surface area contributed by atoms with Crippen molar-refractivity contribution >= 4 is 58.0 Å². The molecular formula is C14H14Cl2N2OS2. The Kier molecular flexibility index (Phi) is 6.70. The van der Waals surface area contributed by atoms with Gasteiger partial charge in [0.1, 0.15) is 5.76 Å². The number of thioether (sulfide) groups is 1. The number of furan rings is 1. The summed E-state index contributed by atoms with van der Waals surface area (Å²) in [5.74, 6) is 2.78. The van der Waals surface area contributed by atoms with E-state index in [1.807, 2.05) is 18.2 Å². The monoisotopic (exact) mass is 360 g/mol. The van der Waals surface area contributed by atoms with Gasteiger partial charge in [0.05, 0.1) is 22.1 Å². The number of benzene rings is 1. The quantitative estimate of drug-likeness (QED) is 0.571. The Bertz CT molecular complexity index is 591. The van der Waals surface area contributed by atoms with Gasteiger partial charge in [-0.3, -0.25) is 0 Å². The van der Waals surface area contributed by atoms with Crippen LogP contribution >= 0.6 is 47.2 Å². The van der Waals surface area contributed by atoms with Crippen LogP contribution in [0.25, 0.3) is 0 Å². The summed E-state index contributed by atoms with van der Waals surface area (Å²) in [6.07, 6.45) is 1.68. The molecule has 1 aromatic carbocycles. The molecule has 2 aromatic rings. The third-order valence-electron chi connectivity index (χ3n) is 2.53. The molecule has 0 atom stereocenters. The molecule has 2 rings (SSSR count). The van der Waals surface area contributed by atoms with E-state index >= 15 is 0 Å². The van der Waals surface area contributed by atoms with Crippen molar-refractivity contribution in [1.82, 2.24) is 5.32 Å². The summed E-state index contributed by atoms with van der Waals surface area (Å²) in [5, 5.41) is 7.79. The fourth-order valence-electron chi connectivity index (χ4n) is 1.55. The second kappa shape index (κ2) is 8.54. The maximum absolute atomic E-state index is 5.94. The van der Waals surface area contributed by atoms with Crippen LogP contribution in [0.15, 0.2) is 41.0 Å². The summed E-state index contributed by atoms with van der Waals surface area (Å²) in [5.41, 5.74) is 0.810. The van der Waals surface area contributed by atoms with Gasteiger partial charge in [-0.25, -0.2) is 0 Å². The number of rotatable bonds is 6. The van der Waals surface area contributed by atoms with E-state index < -0.39 is 0 Å². The topological polar surface area (TPSA) is 37.2 Å². The van der Waals surface area contributed by atoms with Gasteiger partial charge in [-0.2, -0.15) is 11.8 Å². The van der Waals surface area contributed by atoms with E-state index in [4.69, 9.17) is 39.8 Å². The number of halogens is 2. The maximum Gasteiger partial charge on any atom is 0.170 e. The highest BCUT2D eigenvalue weighted by atomic mass is 35.5. The standard InChI is InChI=1S/C14H14Cl2N2OS2/c15-12-4-3-10(8-13(12)16)18-14(20)17-5-7-21-9-11-2-1-6-19-11/h1-4,6,8H,5,7,9H2,(H2,17,18,20). The minimum Gasteiger partial charge on any atom is -0.468 e. The van der Waals surface area contributed by atoms with Gasteiger partial charge in [-0.05, 0) is 42.5 Å². The Hall–Kier alpha value is -0.880. The average Bonchev–Trinajstić information content (AvgIpc) is 2.96. The van der Waals surface area contributed by atoms with Gasteiger partial charge in [-0.15, -0.1) is 0 Å². The van der Waals surface area contributed by atoms with E-state index in [0.717, 1.165) is 29.5 Å². The predicted molar refractivity (Wildman–Crippen MR) is 95.6 cm³/mol. The Balaban J connectivity index is 1.64. The van der Waals surface area contributed by atoms with Crippen molar-refractivity contribution in [3.63, 3.8) is 0 Å². The van der Waals surface area contributed by atoms with Gasteiger partial charge in [0.2, 0.25) is 0 Å². The Morgan fingerprint density at radius 1 is 1.24 bits per heavy atom. The molecule has 0 amide bonds. The molecule has 0 fully saturated rings. The van der Waals surface area contributed by atoms with E-state index in [9.17, 15) is 0 Å². The Morgan fingerprint density at radius 2 is 2.10 bits per heavy atom. The van der Waals surface area contributed by atoms with Crippen molar-refractivity contribution in [2.24, 2.45) is 0 Å². The molecule has 1 aromatic heterocycles. The zero-order valence-electron chi connectivity index (χ0n) is 11.1. The third-order valence-corrected chi connectivity index (χ3v) is 4.50. The maximum atomic E-state index is 5.94. The summed E-state index contributed by atoms with van der Waals surface area (Å²) in [6.45, 7) is 0.776. The first-order valence-corrected chi connectivity index (χ1v) is 8.57. The highest BCUT2D eigenvalue weighted by Crippen LogP contribution is 2.24. The lowest BCUT2D eigenvalue weighted by Gasteiger charge is -2.10. The molecule has 0 aliphatic rings. The van der Waals surface area contributed by atoms with Crippen LogP contribution < -0.4 is 10.6 Å². The van der Waals surface area contributed by atoms with Crippen LogP contribution in [0.3, 0.4) is 0 Å². The molecule has 0 saturated carbocycles. The number of anilines is 1. The molecule has 3 nitrogen and oxygen atoms in total. The molecule has 0 unspecified atom stereocenters. The lowest BCUT2D eigenvalue weighted by molar-refractivity contribution is 0.530. The third kappa shape index (κ3) is 5.79. The molecule has 1 heterocycles. The molecule has 2 N–H and O–H groups in total. The molecular weight excluding hydrogens is 347 g/mol. The Morgan fingerprint density at radius 3 is 2.81 bits per heavy atom. The average molecular weight is 361 g/mol. The van der Waals surface area contributed by atoms with Crippen molar-refractivity contribution in [3.05, 3.63) is 52.4 Å². The van der Waals surface area contributed by atoms with Crippen molar-refractivity contribution in [1.29, 1.82) is 0 Å². The van der Waals surface area contributed by atoms with Gasteiger partial charge < -0.3 is 15.1 Å². The predicted octanol–water partition coefficient (Wildman–Crippen LogP) is 4.81. The Labute approximate surface area is 143 Å². The number of nitrogens with one attached hydrogen (secondary N) is 2. The van der Waals surface area contributed by atoms with Crippen molar-refractivity contribution < 1.29 is 4.42 Å². The van der Waals surface area contributed by atoms with Crippen LogP contribution in [0, 0.1) is 0 Å². The molecule has 112 valence electrons. The highest BCUT2D eigenvalue weighted by Gasteiger charge is 2.02. The zero-order valence-corrected chi connectivity index (χ0v) is 14.2. The summed E-state index contributed by atoms with van der Waals surface area (Å²) in [7, 11) is 0. The number of thiocarbonyl (C=S) groups is 1. The second-order valence-electron chi connectivity index (χ2n) is 4.14. The first kappa shape index (κ1) is 16.5. The van der Waals surface area contributed by atoms with E-state index in [2.05, 4.69) is 10.6 Å². The molecule has 0 aliphatic heterocycles. The van der Waals surface area contributed by atoms with Crippen LogP contribution in [0.2, 0.25) is 10.0 Å². The van der Waals surface area contributed by atoms with Crippen LogP contribution in [-0.2, 0) is 5.75 Å². The summed E-state index contributed by atoms with van der Waals surface area (Å²) in [4.78, 5) is 0. The lowest BCUT2D eigenvalue weighted by atomic mass is 10.3. The molecule has 7 heteroatoms. The van der Waals surface area contributed by atoms with Crippen LogP contribution in [-0.4, -0.2) is 17.4 Å². The second-order valence-corrected chi connectivity index (χ2v) is 6.47. The smallest absolute Gasteiger partial charge is 0.170 e.